The van der Waals surface area contributed by atoms with E-state index in [-0.39, 0.29) is 17.1 Å². The first-order chi connectivity index (χ1) is 8.16. The fourth-order valence-electron chi connectivity index (χ4n) is 2.13. The van der Waals surface area contributed by atoms with Crippen molar-refractivity contribution in [1.82, 2.24) is 0 Å². The van der Waals surface area contributed by atoms with E-state index in [4.69, 9.17) is 15.2 Å². The van der Waals surface area contributed by atoms with Crippen LogP contribution in [0.2, 0.25) is 0 Å². The van der Waals surface area contributed by atoms with Crippen LogP contribution in [0, 0.1) is 5.82 Å². The molecule has 2 N–H and O–H groups in total. The molecule has 1 aliphatic carbocycles. The summed E-state index contributed by atoms with van der Waals surface area (Å²) in [6.07, 6.45) is 3.52. The number of nitrogens with two attached hydrogens (primary N) is 1. The monoisotopic (exact) mass is 237 g/mol. The maximum absolute atomic E-state index is 13.9. The highest BCUT2D eigenvalue weighted by atomic mass is 19.1. The van der Waals surface area contributed by atoms with Gasteiger partial charge in [0.25, 0.3) is 0 Å². The van der Waals surface area contributed by atoms with Crippen LogP contribution in [0.15, 0.2) is 12.1 Å². The molecule has 0 atom stereocenters. The molecule has 1 fully saturated rings. The Bertz CT molecular complexity index is 443. The highest BCUT2D eigenvalue weighted by molar-refractivity contribution is 5.45. The average Bonchev–Trinajstić information content (AvgIpc) is 3.02. The SMILES string of the molecule is NC1(Cc2cc(F)c3c(c2)OCCCO3)CC1. The summed E-state index contributed by atoms with van der Waals surface area (Å²) in [6, 6.07) is 3.37. The van der Waals surface area contributed by atoms with Crippen molar-refractivity contribution in [2.24, 2.45) is 5.73 Å². The van der Waals surface area contributed by atoms with Crippen LogP contribution < -0.4 is 15.2 Å². The van der Waals surface area contributed by atoms with E-state index in [9.17, 15) is 4.39 Å². The molecule has 4 heteroatoms. The summed E-state index contributed by atoms with van der Waals surface area (Å²) in [5.41, 5.74) is 6.82. The maximum Gasteiger partial charge on any atom is 0.197 e. The normalized spacial score (nSPS) is 20.8. The first-order valence-corrected chi connectivity index (χ1v) is 6.03. The molecule has 1 saturated carbocycles. The fraction of sp³-hybridized carbons (Fsp3) is 0.538. The largest absolute Gasteiger partial charge is 0.489 e. The van der Waals surface area contributed by atoms with E-state index in [0.29, 0.717) is 25.4 Å². The van der Waals surface area contributed by atoms with Gasteiger partial charge in [-0.3, -0.25) is 0 Å². The number of hydrogen-bond acceptors (Lipinski definition) is 3. The van der Waals surface area contributed by atoms with Crippen molar-refractivity contribution in [2.75, 3.05) is 13.2 Å². The van der Waals surface area contributed by atoms with Gasteiger partial charge < -0.3 is 15.2 Å². The van der Waals surface area contributed by atoms with Gasteiger partial charge in [0, 0.05) is 12.0 Å². The Hall–Kier alpha value is -1.29. The number of hydrogen-bond donors (Lipinski definition) is 1. The Morgan fingerprint density at radius 2 is 2.00 bits per heavy atom. The molecule has 1 aromatic carbocycles. The molecule has 0 saturated heterocycles. The molecule has 0 aromatic heterocycles. The lowest BCUT2D eigenvalue weighted by atomic mass is 10.0. The molecule has 3 rings (SSSR count). The van der Waals surface area contributed by atoms with Crippen LogP contribution in [0.5, 0.6) is 11.5 Å². The Morgan fingerprint density at radius 3 is 2.76 bits per heavy atom. The van der Waals surface area contributed by atoms with Gasteiger partial charge in [-0.05, 0) is 37.0 Å². The minimum atomic E-state index is -0.344. The highest BCUT2D eigenvalue weighted by Crippen LogP contribution is 2.39. The second-order valence-corrected chi connectivity index (χ2v) is 4.99. The van der Waals surface area contributed by atoms with Crippen LogP contribution in [0.25, 0.3) is 0 Å². The maximum atomic E-state index is 13.9. The number of fused-ring (bicyclic) bond motifs is 1. The van der Waals surface area contributed by atoms with Crippen LogP contribution in [0.3, 0.4) is 0 Å². The van der Waals surface area contributed by atoms with Crippen molar-refractivity contribution in [3.8, 4) is 11.5 Å². The molecule has 0 bridgehead atoms. The average molecular weight is 237 g/mol. The van der Waals surface area contributed by atoms with E-state index in [2.05, 4.69) is 0 Å². The fourth-order valence-corrected chi connectivity index (χ4v) is 2.13. The lowest BCUT2D eigenvalue weighted by molar-refractivity contribution is 0.292. The van der Waals surface area contributed by atoms with Crippen LogP contribution in [-0.2, 0) is 6.42 Å². The minimum absolute atomic E-state index is 0.119. The number of rotatable bonds is 2. The van der Waals surface area contributed by atoms with Crippen molar-refractivity contribution in [3.63, 3.8) is 0 Å². The second kappa shape index (κ2) is 3.88. The lowest BCUT2D eigenvalue weighted by Gasteiger charge is -2.13. The van der Waals surface area contributed by atoms with E-state index in [0.717, 1.165) is 24.8 Å². The van der Waals surface area contributed by atoms with Crippen LogP contribution in [-0.4, -0.2) is 18.8 Å². The van der Waals surface area contributed by atoms with E-state index in [1.807, 2.05) is 6.07 Å². The summed E-state index contributed by atoms with van der Waals surface area (Å²) in [5.74, 6) is 0.415. The standard InChI is InChI=1S/C13H16FNO2/c14-10-6-9(8-13(15)2-3-13)7-11-12(10)17-5-1-4-16-11/h6-7H,1-5,8,15H2. The smallest absolute Gasteiger partial charge is 0.197 e. The lowest BCUT2D eigenvalue weighted by Crippen LogP contribution is -2.24. The van der Waals surface area contributed by atoms with Crippen molar-refractivity contribution >= 4 is 0 Å². The summed E-state index contributed by atoms with van der Waals surface area (Å²) in [4.78, 5) is 0. The molecule has 17 heavy (non-hydrogen) atoms. The first-order valence-electron chi connectivity index (χ1n) is 6.03. The number of ether oxygens (including phenoxy) is 2. The Labute approximate surface area is 99.7 Å². The van der Waals surface area contributed by atoms with Gasteiger partial charge in [0.05, 0.1) is 13.2 Å². The van der Waals surface area contributed by atoms with Crippen LogP contribution in [0.4, 0.5) is 4.39 Å². The molecular formula is C13H16FNO2. The van der Waals surface area contributed by atoms with Crippen molar-refractivity contribution in [2.45, 2.75) is 31.2 Å². The molecule has 1 heterocycles. The molecule has 0 spiro atoms. The molecule has 92 valence electrons. The van der Waals surface area contributed by atoms with E-state index < -0.39 is 0 Å². The summed E-state index contributed by atoms with van der Waals surface area (Å²) in [7, 11) is 0. The van der Waals surface area contributed by atoms with Gasteiger partial charge in [0.1, 0.15) is 0 Å². The topological polar surface area (TPSA) is 44.5 Å². The van der Waals surface area contributed by atoms with Gasteiger partial charge in [-0.25, -0.2) is 4.39 Å². The molecule has 1 aromatic rings. The Kier molecular flexibility index (Phi) is 2.47. The van der Waals surface area contributed by atoms with Crippen molar-refractivity contribution < 1.29 is 13.9 Å². The quantitative estimate of drug-likeness (QED) is 0.855. The second-order valence-electron chi connectivity index (χ2n) is 4.99. The van der Waals surface area contributed by atoms with Crippen molar-refractivity contribution in [3.05, 3.63) is 23.5 Å². The van der Waals surface area contributed by atoms with Crippen molar-refractivity contribution in [1.29, 1.82) is 0 Å². The van der Waals surface area contributed by atoms with Crippen LogP contribution >= 0.6 is 0 Å². The zero-order valence-electron chi connectivity index (χ0n) is 9.67. The van der Waals surface area contributed by atoms with E-state index in [1.54, 1.807) is 0 Å². The zero-order valence-corrected chi connectivity index (χ0v) is 9.67. The summed E-state index contributed by atoms with van der Waals surface area (Å²) >= 11 is 0. The Balaban J connectivity index is 1.91. The molecule has 1 aliphatic heterocycles. The van der Waals surface area contributed by atoms with E-state index in [1.165, 1.54) is 6.07 Å². The third-order valence-corrected chi connectivity index (χ3v) is 3.31. The molecule has 0 unspecified atom stereocenters. The number of benzene rings is 1. The third kappa shape index (κ3) is 2.22. The molecule has 0 amide bonds. The molecule has 0 radical (unpaired) electrons. The molecule has 3 nitrogen and oxygen atoms in total. The predicted octanol–water partition coefficient (Wildman–Crippen LogP) is 2.02. The summed E-state index contributed by atoms with van der Waals surface area (Å²) in [6.45, 7) is 1.08. The first kappa shape index (κ1) is 10.8. The van der Waals surface area contributed by atoms with E-state index >= 15 is 0 Å². The third-order valence-electron chi connectivity index (χ3n) is 3.31. The van der Waals surface area contributed by atoms with Gasteiger partial charge in [-0.1, -0.05) is 0 Å². The zero-order chi connectivity index (χ0) is 11.9. The van der Waals surface area contributed by atoms with Gasteiger partial charge in [-0.2, -0.15) is 0 Å². The highest BCUT2D eigenvalue weighted by Gasteiger charge is 2.38. The number of halogens is 1. The Morgan fingerprint density at radius 1 is 1.24 bits per heavy atom. The molecule has 2 aliphatic rings. The minimum Gasteiger partial charge on any atom is -0.489 e. The molecular weight excluding hydrogens is 221 g/mol. The summed E-state index contributed by atoms with van der Waals surface area (Å²) in [5, 5.41) is 0. The van der Waals surface area contributed by atoms with Gasteiger partial charge in [-0.15, -0.1) is 0 Å². The van der Waals surface area contributed by atoms with Crippen LogP contribution in [0.1, 0.15) is 24.8 Å². The van der Waals surface area contributed by atoms with Gasteiger partial charge in [0.15, 0.2) is 17.3 Å². The summed E-state index contributed by atoms with van der Waals surface area (Å²) < 4.78 is 24.7. The van der Waals surface area contributed by atoms with Gasteiger partial charge >= 0.3 is 0 Å². The predicted molar refractivity (Wildman–Crippen MR) is 61.9 cm³/mol. The van der Waals surface area contributed by atoms with Gasteiger partial charge in [0.2, 0.25) is 0 Å².